The van der Waals surface area contributed by atoms with E-state index in [1.54, 1.807) is 35.2 Å². The second-order valence-corrected chi connectivity index (χ2v) is 11.6. The first kappa shape index (κ1) is 29.9. The molecule has 2 aromatic carbocycles. The van der Waals surface area contributed by atoms with E-state index >= 15 is 0 Å². The van der Waals surface area contributed by atoms with E-state index in [4.69, 9.17) is 19.9 Å². The fraction of sp³-hybridized carbons (Fsp3) is 0.276. The van der Waals surface area contributed by atoms with E-state index in [1.165, 1.54) is 38.7 Å². The van der Waals surface area contributed by atoms with E-state index in [0.29, 0.717) is 56.5 Å². The zero-order valence-corrected chi connectivity index (χ0v) is 25.1. The Labute approximate surface area is 255 Å². The summed E-state index contributed by atoms with van der Waals surface area (Å²) in [6, 6.07) is 11.4. The number of halogens is 1. The molecule has 3 N–H and O–H groups in total. The van der Waals surface area contributed by atoms with Gasteiger partial charge in [-0.1, -0.05) is 41.3 Å². The van der Waals surface area contributed by atoms with Crippen LogP contribution in [0.2, 0.25) is 0 Å². The summed E-state index contributed by atoms with van der Waals surface area (Å²) in [5.41, 5.74) is 8.20. The van der Waals surface area contributed by atoms with Gasteiger partial charge in [0.05, 0.1) is 44.6 Å². The van der Waals surface area contributed by atoms with E-state index in [1.807, 2.05) is 0 Å². The van der Waals surface area contributed by atoms with Gasteiger partial charge < -0.3 is 25.3 Å². The fourth-order valence-electron chi connectivity index (χ4n) is 5.15. The summed E-state index contributed by atoms with van der Waals surface area (Å²) in [4.78, 5) is 27.6. The fourth-order valence-corrected chi connectivity index (χ4v) is 6.83. The van der Waals surface area contributed by atoms with Crippen molar-refractivity contribution in [2.45, 2.75) is 29.5 Å². The van der Waals surface area contributed by atoms with E-state index in [0.717, 1.165) is 11.8 Å². The number of allylic oxidation sites excluding steroid dienone is 3. The molecule has 5 rings (SSSR count). The first-order chi connectivity index (χ1) is 20.8. The molecule has 14 heteroatoms. The van der Waals surface area contributed by atoms with Gasteiger partial charge in [0.2, 0.25) is 16.8 Å². The van der Waals surface area contributed by atoms with Gasteiger partial charge in [-0.25, -0.2) is 4.39 Å². The van der Waals surface area contributed by atoms with Crippen molar-refractivity contribution in [3.05, 3.63) is 70.4 Å². The number of hydrogen-bond donors (Lipinski definition) is 2. The van der Waals surface area contributed by atoms with Gasteiger partial charge in [0.25, 0.3) is 0 Å². The predicted molar refractivity (Wildman–Crippen MR) is 160 cm³/mol. The molecular formula is C29H27FN6O5S2. The number of nitrogens with two attached hydrogens (primary N) is 1. The first-order valence-corrected chi connectivity index (χ1v) is 14.9. The standard InChI is InChI=1S/C29H27FN6O5S2/c1-39-21-11-15(12-22(40-2)26(21)41-3)33-23(38)14-42-29-35-34-28(43-29)36-19-9-6-10-20(37)25(19)24(17(13-31)27(36)32)16-7-4-5-8-18(16)30/h4-5,7-8,11-12,24H,6,9-10,14,32H2,1-3H3,(H,33,38). The maximum Gasteiger partial charge on any atom is 0.234 e. The molecule has 0 saturated carbocycles. The van der Waals surface area contributed by atoms with Crippen molar-refractivity contribution in [1.29, 1.82) is 5.26 Å². The lowest BCUT2D eigenvalue weighted by Crippen LogP contribution is -2.38. The van der Waals surface area contributed by atoms with Crippen LogP contribution in [0.5, 0.6) is 17.2 Å². The highest BCUT2D eigenvalue weighted by molar-refractivity contribution is 8.01. The molecule has 1 aliphatic heterocycles. The van der Waals surface area contributed by atoms with Crippen molar-refractivity contribution in [2.24, 2.45) is 5.73 Å². The Morgan fingerprint density at radius 3 is 2.56 bits per heavy atom. The summed E-state index contributed by atoms with van der Waals surface area (Å²) in [5, 5.41) is 21.7. The molecule has 0 radical (unpaired) electrons. The van der Waals surface area contributed by atoms with Crippen LogP contribution in [-0.4, -0.2) is 49.0 Å². The number of anilines is 2. The number of Topliss-reactive ketones (excluding diaryl/α,β-unsaturated/α-hetero) is 1. The Hall–Kier alpha value is -4.61. The number of carbonyl (C=O) groups excluding carboxylic acids is 2. The molecule has 11 nitrogen and oxygen atoms in total. The van der Waals surface area contributed by atoms with Crippen molar-refractivity contribution >= 4 is 45.6 Å². The molecule has 1 atom stereocenters. The summed E-state index contributed by atoms with van der Waals surface area (Å²) in [6.45, 7) is 0. The number of carbonyl (C=O) groups is 2. The number of aromatic nitrogens is 2. The quantitative estimate of drug-likeness (QED) is 0.318. The van der Waals surface area contributed by atoms with E-state index in [-0.39, 0.29) is 40.8 Å². The Morgan fingerprint density at radius 1 is 1.19 bits per heavy atom. The summed E-state index contributed by atoms with van der Waals surface area (Å²) >= 11 is 2.33. The maximum absolute atomic E-state index is 14.9. The minimum atomic E-state index is -0.911. The average molecular weight is 623 g/mol. The van der Waals surface area contributed by atoms with Crippen LogP contribution in [0.3, 0.4) is 0 Å². The monoisotopic (exact) mass is 622 g/mol. The number of methoxy groups -OCH3 is 3. The maximum atomic E-state index is 14.9. The number of nitrogens with zero attached hydrogens (tertiary/aromatic N) is 4. The van der Waals surface area contributed by atoms with Crippen LogP contribution in [0, 0.1) is 17.1 Å². The second kappa shape index (κ2) is 12.7. The van der Waals surface area contributed by atoms with Crippen LogP contribution < -0.4 is 30.2 Å². The molecule has 1 aromatic heterocycles. The third kappa shape index (κ3) is 5.73. The van der Waals surface area contributed by atoms with Crippen molar-refractivity contribution in [3.63, 3.8) is 0 Å². The molecule has 1 aliphatic carbocycles. The molecule has 0 fully saturated rings. The van der Waals surface area contributed by atoms with E-state index in [9.17, 15) is 19.2 Å². The third-order valence-corrected chi connectivity index (χ3v) is 9.03. The predicted octanol–water partition coefficient (Wildman–Crippen LogP) is 4.74. The molecule has 2 aliphatic rings. The molecule has 0 saturated heterocycles. The summed E-state index contributed by atoms with van der Waals surface area (Å²) < 4.78 is 31.4. The lowest BCUT2D eigenvalue weighted by atomic mass is 9.75. The topological polar surface area (TPSA) is 153 Å². The Balaban J connectivity index is 1.38. The van der Waals surface area contributed by atoms with Crippen molar-refractivity contribution in [3.8, 4) is 23.3 Å². The molecule has 222 valence electrons. The van der Waals surface area contributed by atoms with Crippen molar-refractivity contribution in [2.75, 3.05) is 37.3 Å². The lowest BCUT2D eigenvalue weighted by molar-refractivity contribution is -0.116. The lowest BCUT2D eigenvalue weighted by Gasteiger charge is -2.38. The van der Waals surface area contributed by atoms with Gasteiger partial charge in [-0.2, -0.15) is 5.26 Å². The number of thioether (sulfide) groups is 1. The highest BCUT2D eigenvalue weighted by Crippen LogP contribution is 2.47. The van der Waals surface area contributed by atoms with Crippen LogP contribution in [0.4, 0.5) is 15.2 Å². The molecule has 0 bridgehead atoms. The molecular weight excluding hydrogens is 595 g/mol. The molecule has 3 aromatic rings. The van der Waals surface area contributed by atoms with Gasteiger partial charge in [0, 0.05) is 41.1 Å². The van der Waals surface area contributed by atoms with Gasteiger partial charge in [0.15, 0.2) is 21.6 Å². The largest absolute Gasteiger partial charge is 0.493 e. The molecule has 1 unspecified atom stereocenters. The van der Waals surface area contributed by atoms with E-state index in [2.05, 4.69) is 21.6 Å². The smallest absolute Gasteiger partial charge is 0.234 e. The molecule has 0 spiro atoms. The highest BCUT2D eigenvalue weighted by Gasteiger charge is 2.42. The number of amides is 1. The number of ether oxygens (including phenoxy) is 3. The number of ketones is 1. The van der Waals surface area contributed by atoms with Gasteiger partial charge in [-0.15, -0.1) is 10.2 Å². The Morgan fingerprint density at radius 2 is 1.91 bits per heavy atom. The number of benzene rings is 2. The summed E-state index contributed by atoms with van der Waals surface area (Å²) in [5.74, 6) is -0.624. The summed E-state index contributed by atoms with van der Waals surface area (Å²) in [6.07, 6.45) is 1.36. The van der Waals surface area contributed by atoms with Gasteiger partial charge in [-0.3, -0.25) is 14.5 Å². The van der Waals surface area contributed by atoms with Gasteiger partial charge >= 0.3 is 0 Å². The molecule has 1 amide bonds. The number of nitrogens with one attached hydrogen (secondary N) is 1. The Kier molecular flexibility index (Phi) is 8.84. The van der Waals surface area contributed by atoms with Crippen LogP contribution in [0.1, 0.15) is 30.7 Å². The van der Waals surface area contributed by atoms with Crippen LogP contribution >= 0.6 is 23.1 Å². The SMILES string of the molecule is COc1cc(NC(=O)CSc2nnc(N3C(N)=C(C#N)C(c4ccccc4F)C4=C3CCCC4=O)s2)cc(OC)c1OC. The minimum absolute atomic E-state index is 0.0157. The van der Waals surface area contributed by atoms with Crippen molar-refractivity contribution in [1.82, 2.24) is 10.2 Å². The zero-order valence-electron chi connectivity index (χ0n) is 23.5. The second-order valence-electron chi connectivity index (χ2n) is 9.44. The average Bonchev–Trinajstić information content (AvgIpc) is 3.47. The van der Waals surface area contributed by atoms with Gasteiger partial charge in [0.1, 0.15) is 11.6 Å². The van der Waals surface area contributed by atoms with Crippen LogP contribution in [0.15, 0.2) is 63.4 Å². The zero-order chi connectivity index (χ0) is 30.7. The normalized spacial score (nSPS) is 16.5. The number of hydrogen-bond acceptors (Lipinski definition) is 12. The van der Waals surface area contributed by atoms with Crippen LogP contribution in [0.25, 0.3) is 0 Å². The van der Waals surface area contributed by atoms with Crippen LogP contribution in [-0.2, 0) is 9.59 Å². The highest BCUT2D eigenvalue weighted by atomic mass is 32.2. The van der Waals surface area contributed by atoms with E-state index < -0.39 is 11.7 Å². The number of nitriles is 1. The minimum Gasteiger partial charge on any atom is -0.493 e. The molecule has 2 heterocycles. The van der Waals surface area contributed by atoms with Gasteiger partial charge in [-0.05, 0) is 18.9 Å². The third-order valence-electron chi connectivity index (χ3n) is 6.99. The first-order valence-electron chi connectivity index (χ1n) is 13.1. The van der Waals surface area contributed by atoms with Crippen molar-refractivity contribution < 1.29 is 28.2 Å². The number of rotatable bonds is 9. The molecule has 43 heavy (non-hydrogen) atoms. The Bertz CT molecular complexity index is 1670. The summed E-state index contributed by atoms with van der Waals surface area (Å²) in [7, 11) is 4.46.